The Hall–Kier alpha value is -2.81. The molecule has 0 saturated heterocycles. The van der Waals surface area contributed by atoms with E-state index < -0.39 is 11.6 Å². The summed E-state index contributed by atoms with van der Waals surface area (Å²) >= 11 is 0. The summed E-state index contributed by atoms with van der Waals surface area (Å²) in [7, 11) is 0. The van der Waals surface area contributed by atoms with E-state index in [0.29, 0.717) is 40.5 Å². The highest BCUT2D eigenvalue weighted by Crippen LogP contribution is 2.38. The van der Waals surface area contributed by atoms with Crippen molar-refractivity contribution >= 4 is 0 Å². The molecule has 0 spiro atoms. The molecule has 0 bridgehead atoms. The first-order valence-corrected chi connectivity index (χ1v) is 11.0. The van der Waals surface area contributed by atoms with Crippen molar-refractivity contribution < 1.29 is 13.2 Å². The molecule has 1 aliphatic carbocycles. The Labute approximate surface area is 182 Å². The lowest BCUT2D eigenvalue weighted by molar-refractivity contribution is 0.375. The molecule has 3 aromatic carbocycles. The van der Waals surface area contributed by atoms with Crippen molar-refractivity contribution in [2.45, 2.75) is 44.9 Å². The zero-order chi connectivity index (χ0) is 22.0. The van der Waals surface area contributed by atoms with Gasteiger partial charge in [0.1, 0.15) is 5.82 Å². The molecule has 0 aliphatic heterocycles. The van der Waals surface area contributed by atoms with Crippen LogP contribution in [-0.2, 0) is 6.42 Å². The van der Waals surface area contributed by atoms with Crippen molar-refractivity contribution in [1.82, 2.24) is 0 Å². The molecule has 0 heterocycles. The second-order valence-electron chi connectivity index (χ2n) is 8.42. The van der Waals surface area contributed by atoms with Crippen LogP contribution in [0, 0.1) is 23.4 Å². The molecule has 4 rings (SSSR count). The van der Waals surface area contributed by atoms with Crippen LogP contribution in [0.3, 0.4) is 0 Å². The molecule has 1 saturated carbocycles. The Morgan fingerprint density at radius 1 is 0.806 bits per heavy atom. The molecule has 31 heavy (non-hydrogen) atoms. The Balaban J connectivity index is 1.56. The van der Waals surface area contributed by atoms with Gasteiger partial charge in [-0.25, -0.2) is 13.2 Å². The fraction of sp³-hybridized carbons (Fsp3) is 0.286. The first kappa shape index (κ1) is 21.4. The summed E-state index contributed by atoms with van der Waals surface area (Å²) in [6.07, 6.45) is 6.80. The van der Waals surface area contributed by atoms with Gasteiger partial charge in [-0.1, -0.05) is 61.5 Å². The third-order valence-electron chi connectivity index (χ3n) is 6.62. The number of halogens is 3. The fourth-order valence-electron chi connectivity index (χ4n) is 4.62. The molecule has 0 unspecified atom stereocenters. The van der Waals surface area contributed by atoms with Gasteiger partial charge in [0.05, 0.1) is 0 Å². The number of rotatable bonds is 5. The van der Waals surface area contributed by atoms with Crippen molar-refractivity contribution in [3.8, 4) is 22.3 Å². The van der Waals surface area contributed by atoms with Gasteiger partial charge in [-0.2, -0.15) is 0 Å². The SMILES string of the molecule is C=CC1CCC(c2ccc(-c3ccc(-c4ccc(CC)c(F)c4F)cc3)c(F)c2)CC1. The summed E-state index contributed by atoms with van der Waals surface area (Å²) < 4.78 is 43.5. The van der Waals surface area contributed by atoms with E-state index in [1.165, 1.54) is 0 Å². The highest BCUT2D eigenvalue weighted by molar-refractivity contribution is 5.71. The van der Waals surface area contributed by atoms with Gasteiger partial charge in [0.2, 0.25) is 0 Å². The van der Waals surface area contributed by atoms with E-state index in [9.17, 15) is 13.2 Å². The second kappa shape index (κ2) is 9.13. The van der Waals surface area contributed by atoms with E-state index in [-0.39, 0.29) is 11.4 Å². The van der Waals surface area contributed by atoms with E-state index >= 15 is 0 Å². The Morgan fingerprint density at radius 2 is 1.42 bits per heavy atom. The summed E-state index contributed by atoms with van der Waals surface area (Å²) in [5.74, 6) is -0.913. The van der Waals surface area contributed by atoms with Crippen molar-refractivity contribution in [1.29, 1.82) is 0 Å². The molecular formula is C28H27F3. The van der Waals surface area contributed by atoms with E-state index in [0.717, 1.165) is 31.2 Å². The lowest BCUT2D eigenvalue weighted by atomic mass is 9.78. The highest BCUT2D eigenvalue weighted by Gasteiger charge is 2.21. The molecule has 3 heteroatoms. The van der Waals surface area contributed by atoms with E-state index in [4.69, 9.17) is 0 Å². The van der Waals surface area contributed by atoms with Gasteiger partial charge in [-0.15, -0.1) is 6.58 Å². The highest BCUT2D eigenvalue weighted by atomic mass is 19.2. The number of hydrogen-bond acceptors (Lipinski definition) is 0. The smallest absolute Gasteiger partial charge is 0.166 e. The first-order valence-electron chi connectivity index (χ1n) is 11.0. The summed E-state index contributed by atoms with van der Waals surface area (Å²) in [5, 5.41) is 0. The van der Waals surface area contributed by atoms with E-state index in [1.54, 1.807) is 49.4 Å². The van der Waals surface area contributed by atoms with Crippen LogP contribution in [0.2, 0.25) is 0 Å². The topological polar surface area (TPSA) is 0 Å². The molecule has 0 radical (unpaired) electrons. The quantitative estimate of drug-likeness (QED) is 0.363. The maximum atomic E-state index is 14.9. The minimum atomic E-state index is -0.839. The third-order valence-corrected chi connectivity index (χ3v) is 6.62. The molecule has 0 N–H and O–H groups in total. The molecule has 1 aliphatic rings. The van der Waals surface area contributed by atoms with Crippen LogP contribution in [0.1, 0.15) is 49.7 Å². The second-order valence-corrected chi connectivity index (χ2v) is 8.42. The monoisotopic (exact) mass is 420 g/mol. The molecule has 0 atom stereocenters. The van der Waals surface area contributed by atoms with Crippen LogP contribution in [-0.4, -0.2) is 0 Å². The zero-order valence-corrected chi connectivity index (χ0v) is 17.8. The van der Waals surface area contributed by atoms with Crippen LogP contribution in [0.5, 0.6) is 0 Å². The van der Waals surface area contributed by atoms with Crippen molar-refractivity contribution in [2.75, 3.05) is 0 Å². The predicted molar refractivity (Wildman–Crippen MR) is 121 cm³/mol. The maximum absolute atomic E-state index is 14.9. The summed E-state index contributed by atoms with van der Waals surface area (Å²) in [5.41, 5.74) is 3.43. The van der Waals surface area contributed by atoms with Gasteiger partial charge in [0, 0.05) is 11.1 Å². The number of hydrogen-bond donors (Lipinski definition) is 0. The van der Waals surface area contributed by atoms with Crippen molar-refractivity contribution in [3.63, 3.8) is 0 Å². The summed E-state index contributed by atoms with van der Waals surface area (Å²) in [4.78, 5) is 0. The molecule has 0 aromatic heterocycles. The summed E-state index contributed by atoms with van der Waals surface area (Å²) in [6.45, 7) is 5.67. The van der Waals surface area contributed by atoms with Crippen LogP contribution in [0.25, 0.3) is 22.3 Å². The van der Waals surface area contributed by atoms with Gasteiger partial charge >= 0.3 is 0 Å². The standard InChI is InChI=1S/C28H27F3/c1-3-18-5-7-20(8-6-18)23-14-15-24(26(29)17-23)21-9-11-22(12-10-21)25-16-13-19(4-2)27(30)28(25)31/h3,9-18,20H,1,4-8H2,2H3. The molecule has 160 valence electrons. The first-order chi connectivity index (χ1) is 15.0. The van der Waals surface area contributed by atoms with Gasteiger partial charge < -0.3 is 0 Å². The zero-order valence-electron chi connectivity index (χ0n) is 17.8. The fourth-order valence-corrected chi connectivity index (χ4v) is 4.62. The normalized spacial score (nSPS) is 18.7. The molecule has 0 nitrogen and oxygen atoms in total. The van der Waals surface area contributed by atoms with Crippen molar-refractivity contribution in [2.24, 2.45) is 5.92 Å². The number of benzene rings is 3. The van der Waals surface area contributed by atoms with Gasteiger partial charge in [-0.05, 0) is 72.3 Å². The van der Waals surface area contributed by atoms with Crippen LogP contribution in [0.15, 0.2) is 67.3 Å². The average molecular weight is 421 g/mol. The molecule has 1 fully saturated rings. The van der Waals surface area contributed by atoms with Gasteiger partial charge in [0.25, 0.3) is 0 Å². The predicted octanol–water partition coefficient (Wildman–Crippen LogP) is 8.46. The minimum absolute atomic E-state index is 0.215. The van der Waals surface area contributed by atoms with Crippen LogP contribution < -0.4 is 0 Å². The van der Waals surface area contributed by atoms with Crippen molar-refractivity contribution in [3.05, 3.63) is 95.8 Å². The third kappa shape index (κ3) is 4.32. The molecular weight excluding hydrogens is 393 g/mol. The van der Waals surface area contributed by atoms with Crippen LogP contribution >= 0.6 is 0 Å². The Bertz CT molecular complexity index is 1070. The van der Waals surface area contributed by atoms with E-state index in [2.05, 4.69) is 6.58 Å². The lowest BCUT2D eigenvalue weighted by Gasteiger charge is -2.27. The Morgan fingerprint density at radius 3 is 2.00 bits per heavy atom. The molecule has 0 amide bonds. The largest absolute Gasteiger partial charge is 0.206 e. The number of allylic oxidation sites excluding steroid dienone is 1. The number of aryl methyl sites for hydroxylation is 1. The van der Waals surface area contributed by atoms with Gasteiger partial charge in [-0.3, -0.25) is 0 Å². The minimum Gasteiger partial charge on any atom is -0.206 e. The lowest BCUT2D eigenvalue weighted by Crippen LogP contribution is -2.11. The molecule has 3 aromatic rings. The Kier molecular flexibility index (Phi) is 6.31. The van der Waals surface area contributed by atoms with Gasteiger partial charge in [0.15, 0.2) is 11.6 Å². The average Bonchev–Trinajstić information content (AvgIpc) is 2.81. The van der Waals surface area contributed by atoms with Crippen LogP contribution in [0.4, 0.5) is 13.2 Å². The van der Waals surface area contributed by atoms with E-state index in [1.807, 2.05) is 18.2 Å². The summed E-state index contributed by atoms with van der Waals surface area (Å²) in [6, 6.07) is 15.7. The maximum Gasteiger partial charge on any atom is 0.166 e.